The Kier molecular flexibility index (Phi) is 4.43. The van der Waals surface area contributed by atoms with Gasteiger partial charge in [0.25, 0.3) is 0 Å². The monoisotopic (exact) mass is 415 g/mol. The lowest BCUT2D eigenvalue weighted by atomic mass is 10.0. The minimum atomic E-state index is -0.428. The molecule has 31 heavy (non-hydrogen) atoms. The molecule has 0 saturated carbocycles. The molecule has 0 aliphatic heterocycles. The molecule has 0 atom stereocenters. The van der Waals surface area contributed by atoms with E-state index in [1.165, 1.54) is 12.3 Å². The van der Waals surface area contributed by atoms with Crippen LogP contribution in [0.5, 0.6) is 0 Å². The number of halogens is 1. The van der Waals surface area contributed by atoms with E-state index >= 15 is 0 Å². The van der Waals surface area contributed by atoms with Crippen molar-refractivity contribution in [3.05, 3.63) is 54.7 Å². The first kappa shape index (κ1) is 18.9. The van der Waals surface area contributed by atoms with E-state index in [1.807, 2.05) is 12.1 Å². The number of imidazole rings is 1. The van der Waals surface area contributed by atoms with Crippen LogP contribution in [0.3, 0.4) is 0 Å². The molecule has 1 aromatic carbocycles. The quantitative estimate of drug-likeness (QED) is 0.405. The molecule has 1 amide bonds. The van der Waals surface area contributed by atoms with Gasteiger partial charge in [-0.05, 0) is 24.3 Å². The van der Waals surface area contributed by atoms with Gasteiger partial charge in [-0.1, -0.05) is 13.8 Å². The third kappa shape index (κ3) is 3.39. The van der Waals surface area contributed by atoms with Gasteiger partial charge in [-0.3, -0.25) is 14.9 Å². The number of benzene rings is 1. The van der Waals surface area contributed by atoms with Crippen LogP contribution in [0.2, 0.25) is 0 Å². The first-order chi connectivity index (χ1) is 15.0. The van der Waals surface area contributed by atoms with E-state index in [9.17, 15) is 9.18 Å². The number of pyridine rings is 2. The number of H-pyrrole nitrogens is 2. The normalized spacial score (nSPS) is 11.5. The number of nitrogens with zero attached hydrogens (tertiary/aromatic N) is 4. The zero-order valence-electron chi connectivity index (χ0n) is 16.8. The second-order valence-electron chi connectivity index (χ2n) is 7.52. The van der Waals surface area contributed by atoms with Crippen molar-refractivity contribution in [3.8, 4) is 22.6 Å². The average Bonchev–Trinajstić information content (AvgIpc) is 3.36. The van der Waals surface area contributed by atoms with Gasteiger partial charge in [-0.15, -0.1) is 0 Å². The fraction of sp³-hybridized carbons (Fsp3) is 0.136. The van der Waals surface area contributed by atoms with Gasteiger partial charge >= 0.3 is 0 Å². The van der Waals surface area contributed by atoms with E-state index in [2.05, 4.69) is 35.5 Å². The molecule has 154 valence electrons. The minimum Gasteiger partial charge on any atom is -0.335 e. The van der Waals surface area contributed by atoms with Crippen molar-refractivity contribution < 1.29 is 9.18 Å². The Balaban J connectivity index is 1.60. The summed E-state index contributed by atoms with van der Waals surface area (Å²) in [6, 6.07) is 8.49. The first-order valence-electron chi connectivity index (χ1n) is 9.74. The third-order valence-corrected chi connectivity index (χ3v) is 4.97. The molecule has 0 radical (unpaired) electrons. The summed E-state index contributed by atoms with van der Waals surface area (Å²) < 4.78 is 14.9. The summed E-state index contributed by atoms with van der Waals surface area (Å²) in [5, 5.41) is 10.7. The van der Waals surface area contributed by atoms with E-state index in [1.54, 1.807) is 38.4 Å². The number of carbonyl (C=O) groups excluding carboxylic acids is 1. The largest absolute Gasteiger partial charge is 0.335 e. The van der Waals surface area contributed by atoms with Crippen molar-refractivity contribution in [1.82, 2.24) is 30.1 Å². The van der Waals surface area contributed by atoms with Crippen molar-refractivity contribution in [2.24, 2.45) is 5.92 Å². The van der Waals surface area contributed by atoms with Crippen LogP contribution < -0.4 is 5.32 Å². The van der Waals surface area contributed by atoms with Gasteiger partial charge in [0.05, 0.1) is 22.9 Å². The SMILES string of the molecule is CC(C)C(=O)Nc1cncc(-c2cc3c(-c4nc5ncccc5[nH]4)n[nH]c3cc2F)c1. The van der Waals surface area contributed by atoms with Crippen molar-refractivity contribution >= 4 is 33.7 Å². The summed E-state index contributed by atoms with van der Waals surface area (Å²) in [6.45, 7) is 3.60. The number of hydrogen-bond donors (Lipinski definition) is 3. The fourth-order valence-electron chi connectivity index (χ4n) is 3.34. The standard InChI is InChI=1S/C22H18FN7O/c1-11(2)22(31)26-13-6-12(9-24-10-13)14-7-15-18(8-16(14)23)29-30-19(15)21-27-17-4-3-5-25-20(17)28-21/h3-11H,1-2H3,(H,26,31)(H,29,30)(H,25,27,28). The molecule has 0 bridgehead atoms. The average molecular weight is 415 g/mol. The Hall–Kier alpha value is -4.14. The van der Waals surface area contributed by atoms with Crippen LogP contribution in [0.15, 0.2) is 48.9 Å². The van der Waals surface area contributed by atoms with E-state index < -0.39 is 5.82 Å². The van der Waals surface area contributed by atoms with Gasteiger partial charge in [0.1, 0.15) is 11.5 Å². The number of nitrogens with one attached hydrogen (secondary N) is 3. The Labute approximate surface area is 176 Å². The molecule has 0 aliphatic carbocycles. The molecule has 4 aromatic heterocycles. The fourth-order valence-corrected chi connectivity index (χ4v) is 3.34. The summed E-state index contributed by atoms with van der Waals surface area (Å²) in [5.41, 5.74) is 3.86. The van der Waals surface area contributed by atoms with Gasteiger partial charge in [0.2, 0.25) is 5.91 Å². The van der Waals surface area contributed by atoms with E-state index in [0.29, 0.717) is 44.9 Å². The lowest BCUT2D eigenvalue weighted by Gasteiger charge is -2.09. The smallest absolute Gasteiger partial charge is 0.226 e. The summed E-state index contributed by atoms with van der Waals surface area (Å²) in [6.07, 6.45) is 4.76. The predicted octanol–water partition coefficient (Wildman–Crippen LogP) is 4.30. The third-order valence-electron chi connectivity index (χ3n) is 4.97. The molecular weight excluding hydrogens is 397 g/mol. The second-order valence-corrected chi connectivity index (χ2v) is 7.52. The number of rotatable bonds is 4. The van der Waals surface area contributed by atoms with Crippen molar-refractivity contribution in [2.75, 3.05) is 5.32 Å². The van der Waals surface area contributed by atoms with Crippen LogP contribution in [0.4, 0.5) is 10.1 Å². The lowest BCUT2D eigenvalue weighted by molar-refractivity contribution is -0.118. The Bertz CT molecular complexity index is 1400. The highest BCUT2D eigenvalue weighted by Crippen LogP contribution is 2.32. The summed E-state index contributed by atoms with van der Waals surface area (Å²) >= 11 is 0. The Morgan fingerprint density at radius 2 is 2.03 bits per heavy atom. The summed E-state index contributed by atoms with van der Waals surface area (Å²) in [7, 11) is 0. The van der Waals surface area contributed by atoms with Crippen LogP contribution in [0.25, 0.3) is 44.7 Å². The number of anilines is 1. The molecule has 5 aromatic rings. The van der Waals surface area contributed by atoms with Gasteiger partial charge in [-0.25, -0.2) is 14.4 Å². The van der Waals surface area contributed by atoms with Crippen LogP contribution in [0.1, 0.15) is 13.8 Å². The van der Waals surface area contributed by atoms with Crippen LogP contribution in [-0.4, -0.2) is 36.0 Å². The highest BCUT2D eigenvalue weighted by molar-refractivity contribution is 5.96. The molecule has 0 fully saturated rings. The highest BCUT2D eigenvalue weighted by Gasteiger charge is 2.17. The van der Waals surface area contributed by atoms with E-state index in [-0.39, 0.29) is 11.8 Å². The zero-order chi connectivity index (χ0) is 21.5. The molecule has 3 N–H and O–H groups in total. The molecule has 0 saturated heterocycles. The maximum atomic E-state index is 14.9. The second kappa shape index (κ2) is 7.28. The van der Waals surface area contributed by atoms with E-state index in [4.69, 9.17) is 0 Å². The highest BCUT2D eigenvalue weighted by atomic mass is 19.1. The van der Waals surface area contributed by atoms with E-state index in [0.717, 1.165) is 5.52 Å². The van der Waals surface area contributed by atoms with Crippen LogP contribution in [0, 0.1) is 11.7 Å². The maximum absolute atomic E-state index is 14.9. The number of aromatic amines is 2. The minimum absolute atomic E-state index is 0.134. The van der Waals surface area contributed by atoms with Crippen molar-refractivity contribution in [1.29, 1.82) is 0 Å². The molecule has 5 rings (SSSR count). The molecular formula is C22H18FN7O. The first-order valence-corrected chi connectivity index (χ1v) is 9.74. The predicted molar refractivity (Wildman–Crippen MR) is 116 cm³/mol. The number of aromatic nitrogens is 6. The molecule has 0 unspecified atom stereocenters. The molecule has 8 nitrogen and oxygen atoms in total. The zero-order valence-corrected chi connectivity index (χ0v) is 16.8. The number of amides is 1. The van der Waals surface area contributed by atoms with Gasteiger partial charge in [-0.2, -0.15) is 5.10 Å². The molecule has 0 spiro atoms. The number of hydrogen-bond acceptors (Lipinski definition) is 5. The number of fused-ring (bicyclic) bond motifs is 2. The molecule has 9 heteroatoms. The maximum Gasteiger partial charge on any atom is 0.226 e. The number of carbonyl (C=O) groups is 1. The summed E-state index contributed by atoms with van der Waals surface area (Å²) in [4.78, 5) is 28.1. The van der Waals surface area contributed by atoms with Crippen LogP contribution >= 0.6 is 0 Å². The van der Waals surface area contributed by atoms with Gasteiger partial charge < -0.3 is 10.3 Å². The lowest BCUT2D eigenvalue weighted by Crippen LogP contribution is -2.17. The topological polar surface area (TPSA) is 112 Å². The van der Waals surface area contributed by atoms with Gasteiger partial charge in [0.15, 0.2) is 11.5 Å². The summed E-state index contributed by atoms with van der Waals surface area (Å²) in [5.74, 6) is -0.203. The molecule has 0 aliphatic rings. The van der Waals surface area contributed by atoms with Crippen molar-refractivity contribution in [2.45, 2.75) is 13.8 Å². The molecule has 4 heterocycles. The van der Waals surface area contributed by atoms with Crippen molar-refractivity contribution in [3.63, 3.8) is 0 Å². The van der Waals surface area contributed by atoms with Gasteiger partial charge in [0, 0.05) is 40.9 Å². The Morgan fingerprint density at radius 3 is 2.84 bits per heavy atom. The Morgan fingerprint density at radius 1 is 1.16 bits per heavy atom. The van der Waals surface area contributed by atoms with Crippen LogP contribution in [-0.2, 0) is 4.79 Å².